The molecular formula is C23H22F6N6O2. The van der Waals surface area contributed by atoms with Crippen LogP contribution in [-0.2, 0) is 23.4 Å². The summed E-state index contributed by atoms with van der Waals surface area (Å²) in [5.74, 6) is -1.98. The topological polar surface area (TPSA) is 98.7 Å². The number of carboxylic acid groups (broad SMARTS) is 1. The number of benzene rings is 1. The molecule has 0 amide bonds. The first-order valence-electron chi connectivity index (χ1n) is 10.6. The molecule has 0 saturated carbocycles. The van der Waals surface area contributed by atoms with Crippen molar-refractivity contribution in [3.05, 3.63) is 53.6 Å². The molecule has 0 atom stereocenters. The number of fused-ring (bicyclic) bond motifs is 1. The van der Waals surface area contributed by atoms with Crippen molar-refractivity contribution in [3.63, 3.8) is 0 Å². The van der Waals surface area contributed by atoms with Gasteiger partial charge in [-0.05, 0) is 13.0 Å². The van der Waals surface area contributed by atoms with Gasteiger partial charge in [0, 0.05) is 24.1 Å². The second-order valence-electron chi connectivity index (χ2n) is 9.03. The van der Waals surface area contributed by atoms with Gasteiger partial charge in [-0.3, -0.25) is 9.25 Å². The van der Waals surface area contributed by atoms with E-state index in [1.165, 1.54) is 18.2 Å². The van der Waals surface area contributed by atoms with Gasteiger partial charge in [-0.25, -0.2) is 19.7 Å². The van der Waals surface area contributed by atoms with Gasteiger partial charge in [0.15, 0.2) is 11.5 Å². The molecule has 0 aliphatic carbocycles. The molecule has 1 N–H and O–H groups in total. The molecule has 198 valence electrons. The van der Waals surface area contributed by atoms with Gasteiger partial charge in [0.05, 0.1) is 17.0 Å². The van der Waals surface area contributed by atoms with E-state index in [1.54, 1.807) is 17.9 Å². The summed E-state index contributed by atoms with van der Waals surface area (Å²) in [4.78, 5) is 22.0. The standard InChI is InChI=1S/C21H21F3N6.C2HF3O2/c1-12-17-19(25-11-30(17)16-10-15(20(2,3)4)28-29(16)5)27-18(26-12)13-8-6-7-9-14(13)21(22,23)24;3-2(4,5)1(6)7/h6-11H,1-5H3;(H,6,7). The number of hydrogen-bond acceptors (Lipinski definition) is 5. The molecule has 4 aromatic rings. The molecule has 3 aromatic heterocycles. The number of nitrogens with zero attached hydrogens (tertiary/aromatic N) is 6. The predicted octanol–water partition coefficient (Wildman–Crippen LogP) is 5.47. The highest BCUT2D eigenvalue weighted by atomic mass is 19.4. The quantitative estimate of drug-likeness (QED) is 0.347. The highest BCUT2D eigenvalue weighted by Gasteiger charge is 2.38. The van der Waals surface area contributed by atoms with Gasteiger partial charge in [0.2, 0.25) is 0 Å². The van der Waals surface area contributed by atoms with Crippen LogP contribution in [0.1, 0.15) is 37.7 Å². The van der Waals surface area contributed by atoms with Crippen LogP contribution in [0.25, 0.3) is 28.4 Å². The normalized spacial score (nSPS) is 12.4. The van der Waals surface area contributed by atoms with Gasteiger partial charge in [0.25, 0.3) is 0 Å². The fraction of sp³-hybridized carbons (Fsp3) is 0.348. The number of aromatic nitrogens is 6. The number of aryl methyl sites for hydroxylation is 2. The Balaban J connectivity index is 0.000000479. The van der Waals surface area contributed by atoms with Crippen LogP contribution in [0.3, 0.4) is 0 Å². The van der Waals surface area contributed by atoms with Crippen LogP contribution in [0.5, 0.6) is 0 Å². The number of carbonyl (C=O) groups is 1. The summed E-state index contributed by atoms with van der Waals surface area (Å²) < 4.78 is 75.6. The predicted molar refractivity (Wildman–Crippen MR) is 121 cm³/mol. The minimum Gasteiger partial charge on any atom is -0.475 e. The van der Waals surface area contributed by atoms with Crippen molar-refractivity contribution in [1.29, 1.82) is 0 Å². The van der Waals surface area contributed by atoms with Crippen LogP contribution in [0, 0.1) is 6.92 Å². The lowest BCUT2D eigenvalue weighted by Gasteiger charge is -2.13. The molecule has 0 saturated heterocycles. The van der Waals surface area contributed by atoms with Gasteiger partial charge in [-0.2, -0.15) is 31.4 Å². The Morgan fingerprint density at radius 1 is 1.00 bits per heavy atom. The van der Waals surface area contributed by atoms with E-state index < -0.39 is 23.9 Å². The molecule has 0 unspecified atom stereocenters. The van der Waals surface area contributed by atoms with Crippen molar-refractivity contribution >= 4 is 17.1 Å². The van der Waals surface area contributed by atoms with Crippen molar-refractivity contribution in [2.24, 2.45) is 7.05 Å². The highest BCUT2D eigenvalue weighted by Crippen LogP contribution is 2.36. The lowest BCUT2D eigenvalue weighted by atomic mass is 9.92. The molecule has 1 aromatic carbocycles. The number of rotatable bonds is 2. The minimum absolute atomic E-state index is 0.00133. The average Bonchev–Trinajstić information content (AvgIpc) is 3.36. The van der Waals surface area contributed by atoms with E-state index in [2.05, 4.69) is 40.8 Å². The SMILES string of the molecule is Cc1nc(-c2ccccc2C(F)(F)F)nc2ncn(-c3cc(C(C)(C)C)nn3C)c12.O=C(O)C(F)(F)F. The zero-order valence-electron chi connectivity index (χ0n) is 20.3. The molecule has 37 heavy (non-hydrogen) atoms. The maximum atomic E-state index is 13.4. The lowest BCUT2D eigenvalue weighted by molar-refractivity contribution is -0.192. The third-order valence-corrected chi connectivity index (χ3v) is 5.16. The Bertz CT molecular complexity index is 1450. The molecule has 14 heteroatoms. The molecule has 0 spiro atoms. The number of carboxylic acids is 1. The van der Waals surface area contributed by atoms with E-state index >= 15 is 0 Å². The maximum Gasteiger partial charge on any atom is 0.490 e. The average molecular weight is 528 g/mol. The van der Waals surface area contributed by atoms with Crippen LogP contribution in [-0.4, -0.2) is 46.6 Å². The molecule has 0 aliphatic heterocycles. The number of imidazole rings is 1. The Labute approximate surface area is 206 Å². The monoisotopic (exact) mass is 528 g/mol. The Kier molecular flexibility index (Phi) is 7.08. The van der Waals surface area contributed by atoms with Gasteiger partial charge >= 0.3 is 18.3 Å². The summed E-state index contributed by atoms with van der Waals surface area (Å²) in [5.41, 5.74) is 1.43. The number of halogens is 6. The van der Waals surface area contributed by atoms with Gasteiger partial charge < -0.3 is 5.11 Å². The van der Waals surface area contributed by atoms with Gasteiger partial charge in [0.1, 0.15) is 17.7 Å². The number of alkyl halides is 6. The van der Waals surface area contributed by atoms with Crippen LogP contribution < -0.4 is 0 Å². The molecule has 4 rings (SSSR count). The van der Waals surface area contributed by atoms with Gasteiger partial charge in [-0.1, -0.05) is 39.0 Å². The van der Waals surface area contributed by atoms with Crippen molar-refractivity contribution in [2.75, 3.05) is 0 Å². The Morgan fingerprint density at radius 3 is 2.11 bits per heavy atom. The molecule has 3 heterocycles. The van der Waals surface area contributed by atoms with E-state index in [0.717, 1.165) is 17.6 Å². The molecular weight excluding hydrogens is 506 g/mol. The fourth-order valence-electron chi connectivity index (χ4n) is 3.36. The first kappa shape index (κ1) is 27.6. The number of aliphatic carboxylic acids is 1. The second-order valence-corrected chi connectivity index (χ2v) is 9.03. The zero-order valence-corrected chi connectivity index (χ0v) is 20.3. The molecule has 0 bridgehead atoms. The summed E-state index contributed by atoms with van der Waals surface area (Å²) in [6, 6.07) is 7.25. The zero-order chi connectivity index (χ0) is 27.9. The van der Waals surface area contributed by atoms with E-state index in [1.807, 2.05) is 17.7 Å². The van der Waals surface area contributed by atoms with Crippen LogP contribution >= 0.6 is 0 Å². The smallest absolute Gasteiger partial charge is 0.475 e. The summed E-state index contributed by atoms with van der Waals surface area (Å²) in [6.07, 6.45) is -7.99. The third-order valence-electron chi connectivity index (χ3n) is 5.16. The minimum atomic E-state index is -5.08. The maximum absolute atomic E-state index is 13.4. The largest absolute Gasteiger partial charge is 0.490 e. The lowest BCUT2D eigenvalue weighted by Crippen LogP contribution is -2.21. The first-order chi connectivity index (χ1) is 16.9. The van der Waals surface area contributed by atoms with Crippen LogP contribution in [0.15, 0.2) is 36.7 Å². The highest BCUT2D eigenvalue weighted by molar-refractivity contribution is 5.78. The fourth-order valence-corrected chi connectivity index (χ4v) is 3.36. The van der Waals surface area contributed by atoms with Crippen molar-refractivity contribution in [1.82, 2.24) is 29.3 Å². The molecule has 8 nitrogen and oxygen atoms in total. The van der Waals surface area contributed by atoms with Gasteiger partial charge in [-0.15, -0.1) is 0 Å². The van der Waals surface area contributed by atoms with Crippen molar-refractivity contribution in [3.8, 4) is 17.2 Å². The molecule has 0 radical (unpaired) electrons. The summed E-state index contributed by atoms with van der Waals surface area (Å²) in [6.45, 7) is 7.96. The van der Waals surface area contributed by atoms with Crippen molar-refractivity contribution < 1.29 is 36.2 Å². The van der Waals surface area contributed by atoms with E-state index in [0.29, 0.717) is 16.9 Å². The number of hydrogen-bond donors (Lipinski definition) is 1. The van der Waals surface area contributed by atoms with E-state index in [-0.39, 0.29) is 16.8 Å². The Morgan fingerprint density at radius 2 is 1.59 bits per heavy atom. The summed E-state index contributed by atoms with van der Waals surface area (Å²) >= 11 is 0. The van der Waals surface area contributed by atoms with E-state index in [9.17, 15) is 26.3 Å². The third kappa shape index (κ3) is 5.89. The summed E-state index contributed by atoms with van der Waals surface area (Å²) in [5, 5.41) is 11.7. The van der Waals surface area contributed by atoms with Crippen LogP contribution in [0.4, 0.5) is 26.3 Å². The van der Waals surface area contributed by atoms with E-state index in [4.69, 9.17) is 9.90 Å². The van der Waals surface area contributed by atoms with Crippen molar-refractivity contribution in [2.45, 2.75) is 45.5 Å². The first-order valence-corrected chi connectivity index (χ1v) is 10.6. The molecule has 0 aliphatic rings. The van der Waals surface area contributed by atoms with Crippen LogP contribution in [0.2, 0.25) is 0 Å². The Hall–Kier alpha value is -3.97. The second kappa shape index (κ2) is 9.48. The molecule has 0 fully saturated rings. The summed E-state index contributed by atoms with van der Waals surface area (Å²) in [7, 11) is 1.83.